The SMILES string of the molecule is O=C(CN(CC(=O)Nc1ccccc1)c1ccc(C(=O)Nc2ccccc2[As])cc1)Nc1ccccc1. The molecule has 0 saturated heterocycles. The van der Waals surface area contributed by atoms with E-state index in [1.165, 1.54) is 0 Å². The Morgan fingerprint density at radius 3 is 1.59 bits per heavy atom. The van der Waals surface area contributed by atoms with Crippen LogP contribution in [0.3, 0.4) is 0 Å². The summed E-state index contributed by atoms with van der Waals surface area (Å²) >= 11 is 2.43. The number of nitrogens with zero attached hydrogens (tertiary/aromatic N) is 1. The van der Waals surface area contributed by atoms with Crippen molar-refractivity contribution in [3.63, 3.8) is 0 Å². The molecule has 3 N–H and O–H groups in total. The van der Waals surface area contributed by atoms with Crippen LogP contribution in [0.25, 0.3) is 0 Å². The maximum absolute atomic E-state index is 12.8. The van der Waals surface area contributed by atoms with Gasteiger partial charge in [0.15, 0.2) is 0 Å². The molecule has 4 aromatic carbocycles. The van der Waals surface area contributed by atoms with Crippen LogP contribution in [0.15, 0.2) is 109 Å². The van der Waals surface area contributed by atoms with Crippen LogP contribution in [-0.2, 0) is 9.59 Å². The summed E-state index contributed by atoms with van der Waals surface area (Å²) in [5, 5.41) is 8.60. The number of rotatable bonds is 9. The Balaban J connectivity index is 1.48. The van der Waals surface area contributed by atoms with Crippen molar-refractivity contribution in [2.45, 2.75) is 0 Å². The average Bonchev–Trinajstić information content (AvgIpc) is 2.91. The first-order valence-corrected chi connectivity index (χ1v) is 12.6. The molecule has 0 aliphatic carbocycles. The van der Waals surface area contributed by atoms with Crippen molar-refractivity contribution in [1.29, 1.82) is 0 Å². The number of hydrogen-bond donors (Lipinski definition) is 3. The monoisotopic (exact) mass is 552 g/mol. The summed E-state index contributed by atoms with van der Waals surface area (Å²) in [6.45, 7) is -0.104. The van der Waals surface area contributed by atoms with E-state index in [2.05, 4.69) is 32.8 Å². The first-order valence-electron chi connectivity index (χ1n) is 11.6. The van der Waals surface area contributed by atoms with Crippen molar-refractivity contribution in [3.8, 4) is 0 Å². The number of carbonyl (C=O) groups excluding carboxylic acids is 3. The van der Waals surface area contributed by atoms with Gasteiger partial charge in [-0.2, -0.15) is 0 Å². The summed E-state index contributed by atoms with van der Waals surface area (Å²) in [5.74, 6) is -0.781. The van der Waals surface area contributed by atoms with E-state index in [1.54, 1.807) is 53.4 Å². The summed E-state index contributed by atoms with van der Waals surface area (Å²) in [4.78, 5) is 40.0. The molecule has 0 saturated carbocycles. The van der Waals surface area contributed by atoms with E-state index >= 15 is 0 Å². The van der Waals surface area contributed by atoms with Gasteiger partial charge in [0.25, 0.3) is 0 Å². The Morgan fingerprint density at radius 2 is 1.08 bits per heavy atom. The predicted octanol–water partition coefficient (Wildman–Crippen LogP) is 3.82. The molecule has 2 radical (unpaired) electrons. The van der Waals surface area contributed by atoms with Gasteiger partial charge in [-0.15, -0.1) is 0 Å². The van der Waals surface area contributed by atoms with Crippen molar-refractivity contribution in [2.75, 3.05) is 33.9 Å². The van der Waals surface area contributed by atoms with E-state index in [9.17, 15) is 14.4 Å². The Hall–Kier alpha value is -4.35. The fourth-order valence-electron chi connectivity index (χ4n) is 3.63. The van der Waals surface area contributed by atoms with Crippen LogP contribution < -0.4 is 25.2 Å². The summed E-state index contributed by atoms with van der Waals surface area (Å²) < 4.78 is 0.903. The molecule has 0 aliphatic heterocycles. The topological polar surface area (TPSA) is 90.5 Å². The molecule has 184 valence electrons. The van der Waals surface area contributed by atoms with Crippen LogP contribution in [0, 0.1) is 0 Å². The second-order valence-electron chi connectivity index (χ2n) is 8.20. The fourth-order valence-corrected chi connectivity index (χ4v) is 4.08. The molecule has 3 amide bonds. The minimum Gasteiger partial charge on any atom is -0.0621 e. The Kier molecular flexibility index (Phi) is 8.74. The quantitative estimate of drug-likeness (QED) is 0.276. The zero-order chi connectivity index (χ0) is 26.0. The smallest absolute Gasteiger partial charge is 0.0621 e. The van der Waals surface area contributed by atoms with Crippen molar-refractivity contribution in [2.24, 2.45) is 0 Å². The minimum absolute atomic E-state index is 0.0518. The number of para-hydroxylation sites is 3. The van der Waals surface area contributed by atoms with E-state index in [0.717, 1.165) is 4.35 Å². The van der Waals surface area contributed by atoms with Gasteiger partial charge in [-0.3, -0.25) is 0 Å². The standard InChI is InChI=1S/C29H25AsN4O3/c30-25-13-7-8-14-26(25)33-29(37)21-15-17-24(18-16-21)34(19-27(35)31-22-9-3-1-4-10-22)20-28(36)32-23-11-5-2-6-12-23/h1-18H,19-20H2,(H,31,35)(H,32,36)(H,33,37). The van der Waals surface area contributed by atoms with Crippen LogP contribution in [0.4, 0.5) is 22.7 Å². The van der Waals surface area contributed by atoms with Gasteiger partial charge < -0.3 is 0 Å². The van der Waals surface area contributed by atoms with E-state index in [0.29, 0.717) is 28.3 Å². The molecule has 0 aromatic heterocycles. The van der Waals surface area contributed by atoms with Crippen molar-refractivity contribution < 1.29 is 14.4 Å². The van der Waals surface area contributed by atoms with E-state index in [4.69, 9.17) is 0 Å². The molecule has 4 rings (SSSR count). The molecule has 4 aromatic rings. The molecule has 0 bridgehead atoms. The summed E-state index contributed by atoms with van der Waals surface area (Å²) in [6.07, 6.45) is 0. The van der Waals surface area contributed by atoms with E-state index in [-0.39, 0.29) is 30.8 Å². The third kappa shape index (κ3) is 7.56. The van der Waals surface area contributed by atoms with Crippen LogP contribution >= 0.6 is 0 Å². The maximum atomic E-state index is 12.8. The summed E-state index contributed by atoms with van der Waals surface area (Å²) in [6, 6.07) is 32.6. The predicted molar refractivity (Wildman–Crippen MR) is 149 cm³/mol. The Morgan fingerprint density at radius 1 is 0.595 bits per heavy atom. The zero-order valence-electron chi connectivity index (χ0n) is 19.9. The minimum atomic E-state index is -0.266. The van der Waals surface area contributed by atoms with Crippen LogP contribution in [0.5, 0.6) is 0 Å². The van der Waals surface area contributed by atoms with Crippen LogP contribution in [0.2, 0.25) is 0 Å². The van der Waals surface area contributed by atoms with E-state index in [1.807, 2.05) is 60.7 Å². The Labute approximate surface area is 224 Å². The van der Waals surface area contributed by atoms with Crippen molar-refractivity contribution in [1.82, 2.24) is 0 Å². The molecular formula is C29H25AsN4O3. The molecule has 0 atom stereocenters. The second-order valence-corrected chi connectivity index (χ2v) is 9.21. The fraction of sp³-hybridized carbons (Fsp3) is 0.0690. The van der Waals surface area contributed by atoms with Gasteiger partial charge in [-0.25, -0.2) is 0 Å². The molecule has 0 aliphatic rings. The zero-order valence-corrected chi connectivity index (χ0v) is 21.8. The molecule has 7 nitrogen and oxygen atoms in total. The molecule has 37 heavy (non-hydrogen) atoms. The Bertz CT molecular complexity index is 1310. The van der Waals surface area contributed by atoms with Crippen LogP contribution in [-0.4, -0.2) is 47.7 Å². The van der Waals surface area contributed by atoms with E-state index < -0.39 is 0 Å². The summed E-state index contributed by atoms with van der Waals surface area (Å²) in [7, 11) is 0. The van der Waals surface area contributed by atoms with Gasteiger partial charge >= 0.3 is 153 Å². The first kappa shape index (κ1) is 25.7. The normalized spacial score (nSPS) is 10.3. The number of anilines is 4. The number of amides is 3. The number of benzene rings is 4. The van der Waals surface area contributed by atoms with Gasteiger partial charge in [0.05, 0.1) is 0 Å². The molecule has 0 unspecified atom stereocenters. The second kappa shape index (κ2) is 12.6. The number of hydrogen-bond acceptors (Lipinski definition) is 4. The molecule has 0 fully saturated rings. The average molecular weight is 552 g/mol. The van der Waals surface area contributed by atoms with Crippen molar-refractivity contribution in [3.05, 3.63) is 115 Å². The third-order valence-electron chi connectivity index (χ3n) is 5.43. The van der Waals surface area contributed by atoms with Gasteiger partial charge in [0.1, 0.15) is 0 Å². The van der Waals surface area contributed by atoms with Crippen LogP contribution in [0.1, 0.15) is 10.4 Å². The van der Waals surface area contributed by atoms with Gasteiger partial charge in [0, 0.05) is 11.4 Å². The summed E-state index contributed by atoms with van der Waals surface area (Å²) in [5.41, 5.74) is 3.15. The first-order chi connectivity index (χ1) is 18.0. The number of carbonyl (C=O) groups is 3. The number of nitrogens with one attached hydrogen (secondary N) is 3. The van der Waals surface area contributed by atoms with Gasteiger partial charge in [-0.05, 0) is 24.3 Å². The molecular weight excluding hydrogens is 527 g/mol. The van der Waals surface area contributed by atoms with Gasteiger partial charge in [0.2, 0.25) is 0 Å². The van der Waals surface area contributed by atoms with Crippen molar-refractivity contribution >= 4 is 61.7 Å². The molecule has 8 heteroatoms. The molecule has 0 spiro atoms. The third-order valence-corrected chi connectivity index (χ3v) is 6.25. The molecule has 0 heterocycles. The van der Waals surface area contributed by atoms with Gasteiger partial charge in [-0.1, -0.05) is 36.4 Å².